The number of alkyl halides is 1. The lowest BCUT2D eigenvalue weighted by molar-refractivity contribution is -0.165. The summed E-state index contributed by atoms with van der Waals surface area (Å²) in [6.45, 7) is 1.62. The highest BCUT2D eigenvalue weighted by Gasteiger charge is 2.50. The van der Waals surface area contributed by atoms with Crippen LogP contribution in [0.4, 0.5) is 10.2 Å². The van der Waals surface area contributed by atoms with Crippen LogP contribution in [0.1, 0.15) is 25.6 Å². The Balaban J connectivity index is 1.64. The van der Waals surface area contributed by atoms with Crippen LogP contribution in [0.25, 0.3) is 11.2 Å². The first kappa shape index (κ1) is 23.8. The molecule has 1 aliphatic heterocycles. The predicted molar refractivity (Wildman–Crippen MR) is 116 cm³/mol. The highest BCUT2D eigenvalue weighted by molar-refractivity contribution is 6.28. The molecule has 0 amide bonds. The number of hydrogen-bond donors (Lipinski definition) is 1. The van der Waals surface area contributed by atoms with Crippen LogP contribution in [-0.2, 0) is 35.2 Å². The lowest BCUT2D eigenvalue weighted by Gasteiger charge is -2.23. The van der Waals surface area contributed by atoms with Crippen molar-refractivity contribution in [2.24, 2.45) is 0 Å². The SMILES string of the molecule is CC(=O)O[C@@H]1[C@H](OC(C)=O)[C@@H](CF)O[C@H]1n1cnc2c(NOCc3ccccc3)nc(Cl)nc21. The minimum atomic E-state index is -1.17. The average molecular weight is 494 g/mol. The van der Waals surface area contributed by atoms with Gasteiger partial charge in [-0.15, -0.1) is 0 Å². The molecule has 0 saturated carbocycles. The summed E-state index contributed by atoms with van der Waals surface area (Å²) in [6.07, 6.45) is -3.23. The van der Waals surface area contributed by atoms with Crippen LogP contribution in [0.3, 0.4) is 0 Å². The number of benzene rings is 1. The summed E-state index contributed by atoms with van der Waals surface area (Å²) in [5.74, 6) is -1.15. The second-order valence-corrected chi connectivity index (χ2v) is 7.75. The molecule has 1 fully saturated rings. The largest absolute Gasteiger partial charge is 0.455 e. The molecule has 1 N–H and O–H groups in total. The number of hydrogen-bond acceptors (Lipinski definition) is 10. The van der Waals surface area contributed by atoms with E-state index < -0.39 is 43.2 Å². The first-order valence-electron chi connectivity index (χ1n) is 10.2. The number of ether oxygens (including phenoxy) is 3. The minimum absolute atomic E-state index is 0.124. The van der Waals surface area contributed by atoms with Gasteiger partial charge in [-0.3, -0.25) is 19.0 Å². The summed E-state index contributed by atoms with van der Waals surface area (Å²) in [6, 6.07) is 9.45. The van der Waals surface area contributed by atoms with Crippen molar-refractivity contribution in [1.82, 2.24) is 19.5 Å². The Morgan fingerprint density at radius 2 is 1.85 bits per heavy atom. The topological polar surface area (TPSA) is 127 Å². The van der Waals surface area contributed by atoms with Crippen LogP contribution in [0.2, 0.25) is 5.28 Å². The monoisotopic (exact) mass is 493 g/mol. The van der Waals surface area contributed by atoms with Crippen molar-refractivity contribution < 1.29 is 33.0 Å². The molecule has 1 saturated heterocycles. The summed E-state index contributed by atoms with van der Waals surface area (Å²) >= 11 is 6.12. The second-order valence-electron chi connectivity index (χ2n) is 7.41. The van der Waals surface area contributed by atoms with E-state index in [1.807, 2.05) is 30.3 Å². The fourth-order valence-electron chi connectivity index (χ4n) is 3.62. The van der Waals surface area contributed by atoms with Gasteiger partial charge in [0.25, 0.3) is 0 Å². The minimum Gasteiger partial charge on any atom is -0.455 e. The van der Waals surface area contributed by atoms with Crippen LogP contribution in [0.15, 0.2) is 36.7 Å². The van der Waals surface area contributed by atoms with Crippen molar-refractivity contribution in [2.45, 2.75) is 45.0 Å². The number of anilines is 1. The van der Waals surface area contributed by atoms with Crippen molar-refractivity contribution in [3.05, 3.63) is 47.5 Å². The number of aromatic nitrogens is 4. The van der Waals surface area contributed by atoms with Crippen LogP contribution in [-0.4, -0.2) is 56.4 Å². The van der Waals surface area contributed by atoms with E-state index in [0.717, 1.165) is 5.56 Å². The van der Waals surface area contributed by atoms with E-state index >= 15 is 0 Å². The number of esters is 2. The van der Waals surface area contributed by atoms with Gasteiger partial charge in [0.2, 0.25) is 5.28 Å². The maximum absolute atomic E-state index is 13.7. The van der Waals surface area contributed by atoms with Crippen LogP contribution >= 0.6 is 11.6 Å². The summed E-state index contributed by atoms with van der Waals surface area (Å²) in [4.78, 5) is 41.4. The number of nitrogens with one attached hydrogen (secondary N) is 1. The molecule has 2 aromatic heterocycles. The second kappa shape index (κ2) is 10.3. The van der Waals surface area contributed by atoms with Crippen molar-refractivity contribution in [3.8, 4) is 0 Å². The molecule has 0 radical (unpaired) electrons. The van der Waals surface area contributed by atoms with E-state index in [-0.39, 0.29) is 28.9 Å². The predicted octanol–water partition coefficient (Wildman–Crippen LogP) is 2.75. The van der Waals surface area contributed by atoms with Gasteiger partial charge in [-0.1, -0.05) is 30.3 Å². The number of nitrogens with zero attached hydrogens (tertiary/aromatic N) is 4. The Morgan fingerprint density at radius 1 is 1.15 bits per heavy atom. The fourth-order valence-corrected chi connectivity index (χ4v) is 3.78. The van der Waals surface area contributed by atoms with Gasteiger partial charge in [0.05, 0.1) is 12.9 Å². The molecule has 4 atom stereocenters. The summed E-state index contributed by atoms with van der Waals surface area (Å²) in [5, 5.41) is -0.124. The fraction of sp³-hybridized carbons (Fsp3) is 0.381. The molecule has 4 rings (SSSR count). The van der Waals surface area contributed by atoms with Crippen molar-refractivity contribution in [2.75, 3.05) is 12.2 Å². The standard InChI is InChI=1S/C21H21ClFN5O6/c1-11(29)32-16-14(8-23)34-20(17(16)33-12(2)30)28-10-24-15-18(25-21(22)26-19(15)28)27-31-9-13-6-4-3-5-7-13/h3-7,10,14,16-17,20H,8-9H2,1-2H3,(H,25,26,27)/t14-,16-,17-,20-/m1/s1. The van der Waals surface area contributed by atoms with Gasteiger partial charge in [-0.2, -0.15) is 9.97 Å². The quantitative estimate of drug-likeness (QED) is 0.284. The molecule has 1 aliphatic rings. The molecule has 180 valence electrons. The number of fused-ring (bicyclic) bond motifs is 1. The average Bonchev–Trinajstić information content (AvgIpc) is 3.35. The third-order valence-corrected chi connectivity index (χ3v) is 5.13. The highest BCUT2D eigenvalue weighted by atomic mass is 35.5. The Hall–Kier alpha value is -3.35. The molecule has 0 aliphatic carbocycles. The Bertz CT molecular complexity index is 1180. The third kappa shape index (κ3) is 5.08. The molecule has 0 bridgehead atoms. The molecular formula is C21H21ClFN5O6. The maximum atomic E-state index is 13.7. The van der Waals surface area contributed by atoms with Gasteiger partial charge in [-0.25, -0.2) is 14.9 Å². The van der Waals surface area contributed by atoms with Gasteiger partial charge in [0.15, 0.2) is 35.4 Å². The number of rotatable bonds is 8. The molecular weight excluding hydrogens is 473 g/mol. The molecule has 3 aromatic rings. The molecule has 0 unspecified atom stereocenters. The molecule has 13 heteroatoms. The van der Waals surface area contributed by atoms with Gasteiger partial charge >= 0.3 is 11.9 Å². The lowest BCUT2D eigenvalue weighted by atomic mass is 10.1. The van der Waals surface area contributed by atoms with Gasteiger partial charge in [0, 0.05) is 13.8 Å². The van der Waals surface area contributed by atoms with Crippen LogP contribution in [0.5, 0.6) is 0 Å². The lowest BCUT2D eigenvalue weighted by Crippen LogP contribution is -2.39. The number of carbonyl (C=O) groups is 2. The number of imidazole rings is 1. The summed E-state index contributed by atoms with van der Waals surface area (Å²) < 4.78 is 31.4. The van der Waals surface area contributed by atoms with Gasteiger partial charge in [0.1, 0.15) is 12.8 Å². The molecule has 1 aromatic carbocycles. The van der Waals surface area contributed by atoms with Crippen molar-refractivity contribution >= 4 is 40.5 Å². The van der Waals surface area contributed by atoms with E-state index in [0.29, 0.717) is 0 Å². The van der Waals surface area contributed by atoms with E-state index in [9.17, 15) is 14.0 Å². The Morgan fingerprint density at radius 3 is 2.53 bits per heavy atom. The third-order valence-electron chi connectivity index (χ3n) is 4.96. The zero-order chi connectivity index (χ0) is 24.2. The molecule has 0 spiro atoms. The normalized spacial score (nSPS) is 22.0. The van der Waals surface area contributed by atoms with E-state index in [1.165, 1.54) is 24.7 Å². The zero-order valence-electron chi connectivity index (χ0n) is 18.2. The summed E-state index contributed by atoms with van der Waals surface area (Å²) in [7, 11) is 0. The highest BCUT2D eigenvalue weighted by Crippen LogP contribution is 2.36. The first-order chi connectivity index (χ1) is 16.4. The Labute approximate surface area is 198 Å². The Kier molecular flexibility index (Phi) is 7.20. The van der Waals surface area contributed by atoms with Crippen LogP contribution < -0.4 is 5.48 Å². The smallest absolute Gasteiger partial charge is 0.303 e. The molecule has 11 nitrogen and oxygen atoms in total. The van der Waals surface area contributed by atoms with Gasteiger partial charge < -0.3 is 14.2 Å². The van der Waals surface area contributed by atoms with E-state index in [2.05, 4.69) is 20.4 Å². The van der Waals surface area contributed by atoms with Crippen LogP contribution in [0, 0.1) is 0 Å². The number of halogens is 2. The first-order valence-corrected chi connectivity index (χ1v) is 10.6. The van der Waals surface area contributed by atoms with Crippen molar-refractivity contribution in [3.63, 3.8) is 0 Å². The number of carbonyl (C=O) groups excluding carboxylic acids is 2. The van der Waals surface area contributed by atoms with Crippen molar-refractivity contribution in [1.29, 1.82) is 0 Å². The van der Waals surface area contributed by atoms with E-state index in [4.69, 9.17) is 30.6 Å². The molecule has 3 heterocycles. The molecule has 34 heavy (non-hydrogen) atoms. The summed E-state index contributed by atoms with van der Waals surface area (Å²) in [5.41, 5.74) is 4.11. The van der Waals surface area contributed by atoms with E-state index in [1.54, 1.807) is 0 Å². The van der Waals surface area contributed by atoms with Gasteiger partial charge in [-0.05, 0) is 17.2 Å². The zero-order valence-corrected chi connectivity index (χ0v) is 18.9. The maximum Gasteiger partial charge on any atom is 0.303 e.